The van der Waals surface area contributed by atoms with Gasteiger partial charge < -0.3 is 16.0 Å². The lowest BCUT2D eigenvalue weighted by molar-refractivity contribution is 0.892. The van der Waals surface area contributed by atoms with E-state index in [2.05, 4.69) is 41.5 Å². The highest BCUT2D eigenvalue weighted by Crippen LogP contribution is 2.16. The van der Waals surface area contributed by atoms with Crippen molar-refractivity contribution in [1.82, 2.24) is 10.3 Å². The zero-order valence-corrected chi connectivity index (χ0v) is 9.32. The van der Waals surface area contributed by atoms with Crippen LogP contribution in [-0.2, 0) is 6.54 Å². The molecule has 1 aromatic carbocycles. The van der Waals surface area contributed by atoms with Gasteiger partial charge in [0.15, 0.2) is 5.11 Å². The number of rotatable bonds is 2. The van der Waals surface area contributed by atoms with Crippen LogP contribution in [0, 0.1) is 6.92 Å². The molecule has 0 saturated heterocycles. The van der Waals surface area contributed by atoms with Crippen LogP contribution in [0.5, 0.6) is 0 Å². The summed E-state index contributed by atoms with van der Waals surface area (Å²) in [6.45, 7) is 2.72. The SMILES string of the molecule is Cc1ccc2[nH]c(CNC(N)=S)cc2c1. The molecule has 1 heterocycles. The largest absolute Gasteiger partial charge is 0.376 e. The number of benzene rings is 1. The maximum absolute atomic E-state index is 5.37. The Hall–Kier alpha value is -1.55. The molecule has 2 aromatic rings. The molecule has 0 amide bonds. The van der Waals surface area contributed by atoms with Crippen LogP contribution < -0.4 is 11.1 Å². The fourth-order valence-electron chi connectivity index (χ4n) is 1.59. The predicted octanol–water partition coefficient (Wildman–Crippen LogP) is 1.81. The Morgan fingerprint density at radius 3 is 3.00 bits per heavy atom. The molecule has 0 saturated carbocycles. The summed E-state index contributed by atoms with van der Waals surface area (Å²) < 4.78 is 0. The molecule has 1 aromatic heterocycles. The van der Waals surface area contributed by atoms with Crippen LogP contribution in [0.15, 0.2) is 24.3 Å². The first-order chi connectivity index (χ1) is 7.15. The number of hydrogen-bond donors (Lipinski definition) is 3. The summed E-state index contributed by atoms with van der Waals surface area (Å²) in [5, 5.41) is 4.46. The van der Waals surface area contributed by atoms with Crippen molar-refractivity contribution < 1.29 is 0 Å². The third kappa shape index (κ3) is 2.27. The van der Waals surface area contributed by atoms with Crippen molar-refractivity contribution in [1.29, 1.82) is 0 Å². The number of aromatic nitrogens is 1. The number of H-pyrrole nitrogens is 1. The van der Waals surface area contributed by atoms with Crippen LogP contribution in [0.2, 0.25) is 0 Å². The second-order valence-corrected chi connectivity index (χ2v) is 4.04. The highest BCUT2D eigenvalue weighted by molar-refractivity contribution is 7.80. The van der Waals surface area contributed by atoms with Crippen molar-refractivity contribution in [3.8, 4) is 0 Å². The zero-order chi connectivity index (χ0) is 10.8. The van der Waals surface area contributed by atoms with Gasteiger partial charge in [0.1, 0.15) is 0 Å². The van der Waals surface area contributed by atoms with Crippen LogP contribution >= 0.6 is 12.2 Å². The minimum atomic E-state index is 0.324. The zero-order valence-electron chi connectivity index (χ0n) is 8.50. The van der Waals surface area contributed by atoms with Gasteiger partial charge in [-0.3, -0.25) is 0 Å². The Balaban J connectivity index is 2.27. The highest BCUT2D eigenvalue weighted by atomic mass is 32.1. The van der Waals surface area contributed by atoms with E-state index in [1.807, 2.05) is 0 Å². The van der Waals surface area contributed by atoms with Crippen molar-refractivity contribution in [2.45, 2.75) is 13.5 Å². The first kappa shape index (κ1) is 9.98. The minimum absolute atomic E-state index is 0.324. The van der Waals surface area contributed by atoms with Crippen molar-refractivity contribution in [2.75, 3.05) is 0 Å². The maximum Gasteiger partial charge on any atom is 0.163 e. The Kier molecular flexibility index (Phi) is 2.60. The maximum atomic E-state index is 5.37. The van der Waals surface area contributed by atoms with Gasteiger partial charge in [0.05, 0.1) is 6.54 Å². The van der Waals surface area contributed by atoms with Crippen molar-refractivity contribution in [3.63, 3.8) is 0 Å². The average Bonchev–Trinajstić information content (AvgIpc) is 2.56. The quantitative estimate of drug-likeness (QED) is 0.675. The monoisotopic (exact) mass is 219 g/mol. The van der Waals surface area contributed by atoms with E-state index in [1.165, 1.54) is 10.9 Å². The Bertz CT molecular complexity index is 502. The standard InChI is InChI=1S/C11H13N3S/c1-7-2-3-10-8(4-7)5-9(14-10)6-13-11(12)15/h2-5,14H,6H2,1H3,(H3,12,13,15). The molecule has 4 N–H and O–H groups in total. The molecule has 78 valence electrons. The van der Waals surface area contributed by atoms with Gasteiger partial charge in [-0.1, -0.05) is 11.6 Å². The summed E-state index contributed by atoms with van der Waals surface area (Å²) in [6.07, 6.45) is 0. The summed E-state index contributed by atoms with van der Waals surface area (Å²) in [5.74, 6) is 0. The molecular weight excluding hydrogens is 206 g/mol. The highest BCUT2D eigenvalue weighted by Gasteiger charge is 2.00. The minimum Gasteiger partial charge on any atom is -0.376 e. The van der Waals surface area contributed by atoms with E-state index in [0.717, 1.165) is 11.2 Å². The number of nitrogens with two attached hydrogens (primary N) is 1. The molecular formula is C11H13N3S. The van der Waals surface area contributed by atoms with Gasteiger partial charge in [-0.2, -0.15) is 0 Å². The Morgan fingerprint density at radius 2 is 2.27 bits per heavy atom. The number of aryl methyl sites for hydroxylation is 1. The third-order valence-corrected chi connectivity index (χ3v) is 2.43. The number of nitrogens with one attached hydrogen (secondary N) is 2. The molecule has 15 heavy (non-hydrogen) atoms. The Morgan fingerprint density at radius 1 is 1.47 bits per heavy atom. The van der Waals surface area contributed by atoms with E-state index in [-0.39, 0.29) is 0 Å². The van der Waals surface area contributed by atoms with Crippen LogP contribution in [0.1, 0.15) is 11.3 Å². The van der Waals surface area contributed by atoms with E-state index in [9.17, 15) is 0 Å². The van der Waals surface area contributed by atoms with E-state index in [1.54, 1.807) is 0 Å². The molecule has 0 radical (unpaired) electrons. The number of hydrogen-bond acceptors (Lipinski definition) is 1. The molecule has 0 fully saturated rings. The predicted molar refractivity (Wildman–Crippen MR) is 66.7 cm³/mol. The fourth-order valence-corrected chi connectivity index (χ4v) is 1.66. The van der Waals surface area contributed by atoms with Gasteiger partial charge in [-0.15, -0.1) is 0 Å². The van der Waals surface area contributed by atoms with Gasteiger partial charge >= 0.3 is 0 Å². The molecule has 0 spiro atoms. The normalized spacial score (nSPS) is 10.5. The molecule has 4 heteroatoms. The number of aromatic amines is 1. The molecule has 3 nitrogen and oxygen atoms in total. The van der Waals surface area contributed by atoms with Crippen molar-refractivity contribution >= 4 is 28.2 Å². The second-order valence-electron chi connectivity index (χ2n) is 3.60. The number of thiocarbonyl (C=S) groups is 1. The first-order valence-electron chi connectivity index (χ1n) is 4.77. The van der Waals surface area contributed by atoms with Crippen LogP contribution in [0.3, 0.4) is 0 Å². The van der Waals surface area contributed by atoms with E-state index in [0.29, 0.717) is 11.7 Å². The molecule has 0 aliphatic carbocycles. The second kappa shape index (κ2) is 3.90. The van der Waals surface area contributed by atoms with Crippen molar-refractivity contribution in [2.24, 2.45) is 5.73 Å². The topological polar surface area (TPSA) is 53.8 Å². The Labute approximate surface area is 93.7 Å². The lowest BCUT2D eigenvalue weighted by Crippen LogP contribution is -2.28. The van der Waals surface area contributed by atoms with Gasteiger partial charge in [0.25, 0.3) is 0 Å². The van der Waals surface area contributed by atoms with Gasteiger partial charge in [-0.25, -0.2) is 0 Å². The van der Waals surface area contributed by atoms with Gasteiger partial charge in [0, 0.05) is 11.2 Å². The molecule has 0 aliphatic heterocycles. The van der Waals surface area contributed by atoms with E-state index < -0.39 is 0 Å². The van der Waals surface area contributed by atoms with E-state index in [4.69, 9.17) is 18.0 Å². The van der Waals surface area contributed by atoms with E-state index >= 15 is 0 Å². The molecule has 0 atom stereocenters. The molecule has 0 bridgehead atoms. The molecule has 0 aliphatic rings. The lowest BCUT2D eigenvalue weighted by Gasteiger charge is -1.99. The van der Waals surface area contributed by atoms with Gasteiger partial charge in [-0.05, 0) is 42.7 Å². The number of fused-ring (bicyclic) bond motifs is 1. The third-order valence-electron chi connectivity index (χ3n) is 2.29. The molecule has 0 unspecified atom stereocenters. The smallest absolute Gasteiger partial charge is 0.163 e. The lowest BCUT2D eigenvalue weighted by atomic mass is 10.2. The van der Waals surface area contributed by atoms with Crippen molar-refractivity contribution in [3.05, 3.63) is 35.5 Å². The summed E-state index contributed by atoms with van der Waals surface area (Å²) >= 11 is 4.75. The van der Waals surface area contributed by atoms with Crippen LogP contribution in [0.25, 0.3) is 10.9 Å². The fraction of sp³-hybridized carbons (Fsp3) is 0.182. The van der Waals surface area contributed by atoms with Crippen LogP contribution in [-0.4, -0.2) is 10.1 Å². The summed E-state index contributed by atoms with van der Waals surface area (Å²) in [7, 11) is 0. The molecule has 2 rings (SSSR count). The summed E-state index contributed by atoms with van der Waals surface area (Å²) in [6, 6.07) is 8.42. The first-order valence-corrected chi connectivity index (χ1v) is 5.17. The van der Waals surface area contributed by atoms with Gasteiger partial charge in [0.2, 0.25) is 0 Å². The summed E-state index contributed by atoms with van der Waals surface area (Å²) in [5.41, 5.74) is 8.85. The summed E-state index contributed by atoms with van der Waals surface area (Å²) in [4.78, 5) is 3.30. The average molecular weight is 219 g/mol. The van der Waals surface area contributed by atoms with Crippen LogP contribution in [0.4, 0.5) is 0 Å².